The molecule has 0 aliphatic carbocycles. The third kappa shape index (κ3) is 3.08. The molecule has 0 amide bonds. The van der Waals surface area contributed by atoms with Gasteiger partial charge in [0, 0.05) is 6.54 Å². The second kappa shape index (κ2) is 6.05. The second-order valence-electron chi connectivity index (χ2n) is 4.90. The van der Waals surface area contributed by atoms with E-state index in [0.29, 0.717) is 0 Å². The molecule has 88 valence electrons. The van der Waals surface area contributed by atoms with Crippen LogP contribution in [-0.4, -0.2) is 24.5 Å². The minimum absolute atomic E-state index is 0.780. The summed E-state index contributed by atoms with van der Waals surface area (Å²) in [6, 6.07) is 11.0. The monoisotopic (exact) mass is 217 g/mol. The Labute approximate surface area is 99.5 Å². The van der Waals surface area contributed by atoms with Crippen LogP contribution in [0.4, 0.5) is 0 Å². The highest BCUT2D eigenvalue weighted by atomic mass is 15.1. The summed E-state index contributed by atoms with van der Waals surface area (Å²) in [5, 5.41) is 0. The molecule has 0 bridgehead atoms. The highest BCUT2D eigenvalue weighted by Gasteiger charge is 2.22. The number of benzene rings is 1. The Bertz CT molecular complexity index is 294. The van der Waals surface area contributed by atoms with Crippen LogP contribution in [0.25, 0.3) is 0 Å². The summed E-state index contributed by atoms with van der Waals surface area (Å²) in [5.41, 5.74) is 1.53. The maximum Gasteiger partial charge on any atom is 0.00507 e. The minimum Gasteiger partial charge on any atom is -0.303 e. The first-order valence-electron chi connectivity index (χ1n) is 6.67. The molecular weight excluding hydrogens is 194 g/mol. The first-order valence-corrected chi connectivity index (χ1v) is 6.67. The van der Waals surface area contributed by atoms with Gasteiger partial charge in [-0.15, -0.1) is 0 Å². The van der Waals surface area contributed by atoms with E-state index in [-0.39, 0.29) is 0 Å². The van der Waals surface area contributed by atoms with Gasteiger partial charge in [-0.25, -0.2) is 0 Å². The van der Waals surface area contributed by atoms with Gasteiger partial charge in [-0.3, -0.25) is 0 Å². The summed E-state index contributed by atoms with van der Waals surface area (Å²) in [4.78, 5) is 2.63. The Kier molecular flexibility index (Phi) is 4.41. The predicted molar refractivity (Wildman–Crippen MR) is 69.8 cm³/mol. The summed E-state index contributed by atoms with van der Waals surface area (Å²) < 4.78 is 0. The molecule has 0 radical (unpaired) electrons. The van der Waals surface area contributed by atoms with E-state index in [1.165, 1.54) is 50.9 Å². The Hall–Kier alpha value is -0.820. The van der Waals surface area contributed by atoms with Crippen LogP contribution in [0.5, 0.6) is 0 Å². The zero-order valence-corrected chi connectivity index (χ0v) is 10.4. The van der Waals surface area contributed by atoms with Gasteiger partial charge in [0.25, 0.3) is 0 Å². The summed E-state index contributed by atoms with van der Waals surface area (Å²) in [6.45, 7) is 6.14. The molecule has 1 unspecified atom stereocenters. The van der Waals surface area contributed by atoms with E-state index in [2.05, 4.69) is 42.2 Å². The van der Waals surface area contributed by atoms with Gasteiger partial charge in [0.1, 0.15) is 0 Å². The van der Waals surface area contributed by atoms with Gasteiger partial charge < -0.3 is 4.90 Å². The van der Waals surface area contributed by atoms with Crippen LogP contribution in [0.15, 0.2) is 30.3 Å². The van der Waals surface area contributed by atoms with Crippen LogP contribution in [0, 0.1) is 0 Å². The van der Waals surface area contributed by atoms with Gasteiger partial charge in [-0.1, -0.05) is 50.1 Å². The van der Waals surface area contributed by atoms with Crippen LogP contribution >= 0.6 is 0 Å². The summed E-state index contributed by atoms with van der Waals surface area (Å²) in [7, 11) is 0. The summed E-state index contributed by atoms with van der Waals surface area (Å²) >= 11 is 0. The van der Waals surface area contributed by atoms with E-state index in [1.54, 1.807) is 0 Å². The Balaban J connectivity index is 1.79. The molecule has 1 atom stereocenters. The number of hydrogen-bond donors (Lipinski definition) is 0. The molecule has 2 rings (SSSR count). The van der Waals surface area contributed by atoms with Gasteiger partial charge in [0.2, 0.25) is 0 Å². The minimum atomic E-state index is 0.780. The topological polar surface area (TPSA) is 3.24 Å². The summed E-state index contributed by atoms with van der Waals surface area (Å²) in [5.74, 6) is 0.780. The predicted octanol–water partition coefficient (Wildman–Crippen LogP) is 3.67. The van der Waals surface area contributed by atoms with Crippen LogP contribution < -0.4 is 0 Å². The molecule has 1 heterocycles. The average molecular weight is 217 g/mol. The molecule has 0 N–H and O–H groups in total. The number of hydrogen-bond acceptors (Lipinski definition) is 1. The molecule has 0 spiro atoms. The maximum atomic E-state index is 2.63. The second-order valence-corrected chi connectivity index (χ2v) is 4.90. The first kappa shape index (κ1) is 11.7. The molecule has 0 saturated carbocycles. The zero-order valence-electron chi connectivity index (χ0n) is 10.4. The molecule has 1 aliphatic heterocycles. The third-order valence-electron chi connectivity index (χ3n) is 3.62. The fraction of sp³-hybridized carbons (Fsp3) is 0.600. The van der Waals surface area contributed by atoms with Crippen molar-refractivity contribution in [1.82, 2.24) is 4.90 Å². The first-order chi connectivity index (χ1) is 7.90. The van der Waals surface area contributed by atoms with E-state index >= 15 is 0 Å². The lowest BCUT2D eigenvalue weighted by atomic mass is 9.99. The van der Waals surface area contributed by atoms with Crippen LogP contribution in [-0.2, 0) is 0 Å². The lowest BCUT2D eigenvalue weighted by Crippen LogP contribution is -2.21. The number of rotatable bonds is 5. The van der Waals surface area contributed by atoms with E-state index in [9.17, 15) is 0 Å². The highest BCUT2D eigenvalue weighted by molar-refractivity contribution is 5.20. The molecule has 1 saturated heterocycles. The Morgan fingerprint density at radius 1 is 1.19 bits per heavy atom. The molecule has 1 nitrogen and oxygen atoms in total. The van der Waals surface area contributed by atoms with Crippen LogP contribution in [0.3, 0.4) is 0 Å². The van der Waals surface area contributed by atoms with Gasteiger partial charge in [-0.05, 0) is 37.4 Å². The SMILES string of the molecule is CCCCCN1CCC(c2ccccc2)C1. The van der Waals surface area contributed by atoms with E-state index in [1.807, 2.05) is 0 Å². The molecule has 1 aromatic rings. The molecule has 0 aromatic heterocycles. The normalized spacial score (nSPS) is 21.4. The van der Waals surface area contributed by atoms with Crippen LogP contribution in [0.2, 0.25) is 0 Å². The lowest BCUT2D eigenvalue weighted by molar-refractivity contribution is 0.325. The van der Waals surface area contributed by atoms with Gasteiger partial charge in [0.15, 0.2) is 0 Å². The third-order valence-corrected chi connectivity index (χ3v) is 3.62. The standard InChI is InChI=1S/C15H23N/c1-2-3-7-11-16-12-10-15(13-16)14-8-5-4-6-9-14/h4-6,8-9,15H,2-3,7,10-13H2,1H3. The maximum absolute atomic E-state index is 2.63. The van der Waals surface area contributed by atoms with Crippen molar-refractivity contribution in [3.05, 3.63) is 35.9 Å². The van der Waals surface area contributed by atoms with Gasteiger partial charge >= 0.3 is 0 Å². The van der Waals surface area contributed by atoms with Crippen molar-refractivity contribution in [3.63, 3.8) is 0 Å². The molecule has 1 aliphatic rings. The van der Waals surface area contributed by atoms with Crippen molar-refractivity contribution in [2.24, 2.45) is 0 Å². The fourth-order valence-electron chi connectivity index (χ4n) is 2.62. The Morgan fingerprint density at radius 3 is 2.75 bits per heavy atom. The molecule has 1 heteroatoms. The fourth-order valence-corrected chi connectivity index (χ4v) is 2.62. The molecule has 1 fully saturated rings. The van der Waals surface area contributed by atoms with Crippen molar-refractivity contribution in [2.45, 2.75) is 38.5 Å². The molecular formula is C15H23N. The lowest BCUT2D eigenvalue weighted by Gasteiger charge is -2.15. The van der Waals surface area contributed by atoms with Gasteiger partial charge in [-0.2, -0.15) is 0 Å². The van der Waals surface area contributed by atoms with Crippen molar-refractivity contribution in [3.8, 4) is 0 Å². The van der Waals surface area contributed by atoms with E-state index in [4.69, 9.17) is 0 Å². The van der Waals surface area contributed by atoms with Crippen molar-refractivity contribution in [1.29, 1.82) is 0 Å². The largest absolute Gasteiger partial charge is 0.303 e. The quantitative estimate of drug-likeness (QED) is 0.680. The van der Waals surface area contributed by atoms with E-state index < -0.39 is 0 Å². The molecule has 16 heavy (non-hydrogen) atoms. The zero-order chi connectivity index (χ0) is 11.2. The Morgan fingerprint density at radius 2 is 2.00 bits per heavy atom. The smallest absolute Gasteiger partial charge is 0.00507 e. The van der Waals surface area contributed by atoms with Crippen molar-refractivity contribution >= 4 is 0 Å². The number of likely N-dealkylation sites (tertiary alicyclic amines) is 1. The van der Waals surface area contributed by atoms with Crippen molar-refractivity contribution < 1.29 is 0 Å². The number of nitrogens with zero attached hydrogens (tertiary/aromatic N) is 1. The van der Waals surface area contributed by atoms with Crippen molar-refractivity contribution in [2.75, 3.05) is 19.6 Å². The average Bonchev–Trinajstić information content (AvgIpc) is 2.79. The molecule has 1 aromatic carbocycles. The highest BCUT2D eigenvalue weighted by Crippen LogP contribution is 2.26. The summed E-state index contributed by atoms with van der Waals surface area (Å²) in [6.07, 6.45) is 5.43. The number of unbranched alkanes of at least 4 members (excludes halogenated alkanes) is 2. The van der Waals surface area contributed by atoms with Gasteiger partial charge in [0.05, 0.1) is 0 Å². The van der Waals surface area contributed by atoms with E-state index in [0.717, 1.165) is 5.92 Å². The van der Waals surface area contributed by atoms with Crippen LogP contribution in [0.1, 0.15) is 44.1 Å².